The molecule has 4 aromatic carbocycles. The van der Waals surface area contributed by atoms with Gasteiger partial charge in [0.25, 0.3) is 10.1 Å². The summed E-state index contributed by atoms with van der Waals surface area (Å²) in [6.07, 6.45) is 0. The minimum Gasteiger partial charge on any atom is -0.396 e. The van der Waals surface area contributed by atoms with E-state index in [1.54, 1.807) is 12.1 Å². The second kappa shape index (κ2) is 22.4. The number of aliphatic hydroxyl groups excluding tert-OH is 1. The second-order valence-corrected chi connectivity index (χ2v) is 14.9. The van der Waals surface area contributed by atoms with Crippen LogP contribution < -0.4 is 20.4 Å². The van der Waals surface area contributed by atoms with Gasteiger partial charge in [0.2, 0.25) is 11.9 Å². The molecule has 0 aliphatic carbocycles. The molecule has 1 aromatic heterocycles. The summed E-state index contributed by atoms with van der Waals surface area (Å²) in [6.45, 7) is 10.9. The van der Waals surface area contributed by atoms with E-state index in [9.17, 15) is 26.9 Å². The van der Waals surface area contributed by atoms with E-state index >= 15 is 0 Å². The Bertz CT molecular complexity index is 2520. The number of nitrogens with zero attached hydrogens (tertiary/aromatic N) is 9. The zero-order chi connectivity index (χ0) is 43.8. The van der Waals surface area contributed by atoms with Gasteiger partial charge in [-0.3, -0.25) is 4.55 Å². The molecule has 4 N–H and O–H groups in total. The first-order valence-electron chi connectivity index (χ1n) is 18.1. The maximum atomic E-state index is 14.1. The fraction of sp³-hybridized carbons (Fsp3) is 0.270. The Balaban J connectivity index is 0.00000190. The van der Waals surface area contributed by atoms with Crippen molar-refractivity contribution in [3.63, 3.8) is 0 Å². The van der Waals surface area contributed by atoms with Gasteiger partial charge < -0.3 is 25.5 Å². The highest BCUT2D eigenvalue weighted by molar-refractivity contribution is 7.99. The summed E-state index contributed by atoms with van der Waals surface area (Å²) in [4.78, 5) is 17.2. The molecule has 0 unspecified atom stereocenters. The number of rotatable bonds is 18. The van der Waals surface area contributed by atoms with E-state index in [1.165, 1.54) is 42.1 Å². The number of hydrogen-bond acceptors (Lipinski definition) is 18. The van der Waals surface area contributed by atoms with Crippen molar-refractivity contribution < 1.29 is 39.5 Å². The molecule has 0 bridgehead atoms. The second-order valence-electron chi connectivity index (χ2n) is 12.0. The van der Waals surface area contributed by atoms with Gasteiger partial charge in [-0.25, -0.2) is 8.78 Å². The summed E-state index contributed by atoms with van der Waals surface area (Å²) < 4.78 is 85.8. The molecule has 5 aromatic rings. The molecule has 18 nitrogen and oxygen atoms in total. The Hall–Kier alpha value is -6.01. The van der Waals surface area contributed by atoms with E-state index in [2.05, 4.69) is 55.8 Å². The Morgan fingerprint density at radius 3 is 1.60 bits per heavy atom. The number of nitrogens with one attached hydrogen (secondary N) is 2. The zero-order valence-corrected chi connectivity index (χ0v) is 35.1. The molecule has 318 valence electrons. The van der Waals surface area contributed by atoms with Crippen molar-refractivity contribution in [2.24, 2.45) is 20.5 Å². The van der Waals surface area contributed by atoms with E-state index in [0.29, 0.717) is 52.4 Å². The Morgan fingerprint density at radius 1 is 0.683 bits per heavy atom. The number of benzene rings is 4. The number of hydrogen-bond donors (Lipinski definition) is 4. The van der Waals surface area contributed by atoms with Gasteiger partial charge >= 0.3 is 10.6 Å². The van der Waals surface area contributed by atoms with Gasteiger partial charge in [-0.05, 0) is 107 Å². The first kappa shape index (κ1) is 46.7. The lowest BCUT2D eigenvalue weighted by atomic mass is 10.2. The average Bonchev–Trinajstić information content (AvgIpc) is 3.21. The molecular formula is C37H41F2N11O7S3. The molecule has 23 heteroatoms. The molecule has 0 amide bonds. The number of halogens is 2. The molecule has 0 aliphatic rings. The van der Waals surface area contributed by atoms with Crippen molar-refractivity contribution in [3.05, 3.63) is 90.5 Å². The SMILES string of the molecule is CCN(CC)c1ccc(N=Nc2ccc(F)cc2)c(Nc2nc(Nc3cc(N(CC)CC)ccc3N=Nc3ccc(F)c(S(=O)(=O)O)c3)nc(SCCO)n2)c1.O=S(=O)=O. The monoisotopic (exact) mass is 885 g/mol. The first-order chi connectivity index (χ1) is 28.7. The van der Waals surface area contributed by atoms with Crippen LogP contribution in [0.2, 0.25) is 0 Å². The van der Waals surface area contributed by atoms with Crippen LogP contribution in [-0.4, -0.2) is 84.2 Å². The molecule has 0 aliphatic heterocycles. The minimum absolute atomic E-state index is 0.0218. The van der Waals surface area contributed by atoms with Crippen molar-refractivity contribution in [1.82, 2.24) is 15.0 Å². The Kier molecular flexibility index (Phi) is 17.4. The summed E-state index contributed by atoms with van der Waals surface area (Å²) in [5.41, 5.74) is 3.89. The van der Waals surface area contributed by atoms with E-state index < -0.39 is 31.4 Å². The standard InChI is InChI=1S/C37H41F2N11O4S2.O3S/c1-5-49(6-2)27-14-17-30(47-45-25-11-9-24(38)10-12-25)32(22-27)40-35-42-36(44-37(43-35)55-20-19-51)41-33-23-28(50(7-3)8-4)15-18-31(33)48-46-26-13-16-29(39)34(21-26)56(52,53)54;1-4(2)3/h9-18,21-23,51H,5-8,19-20H2,1-4H3,(H,52,53,54)(H2,40,41,42,43,44);. The summed E-state index contributed by atoms with van der Waals surface area (Å²) in [5.74, 6) is -0.959. The van der Waals surface area contributed by atoms with E-state index in [4.69, 9.17) is 12.6 Å². The highest BCUT2D eigenvalue weighted by Gasteiger charge is 2.18. The molecule has 0 saturated carbocycles. The van der Waals surface area contributed by atoms with Gasteiger partial charge in [0.1, 0.15) is 27.9 Å². The minimum atomic E-state index is -4.84. The van der Waals surface area contributed by atoms with Crippen LogP contribution in [0.15, 0.2) is 109 Å². The molecule has 0 spiro atoms. The Morgan fingerprint density at radius 2 is 1.15 bits per heavy atom. The van der Waals surface area contributed by atoms with Crippen molar-refractivity contribution >= 4 is 89.9 Å². The van der Waals surface area contributed by atoms with Crippen LogP contribution in [0, 0.1) is 11.6 Å². The molecule has 0 radical (unpaired) electrons. The van der Waals surface area contributed by atoms with Crippen molar-refractivity contribution in [2.45, 2.75) is 37.7 Å². The van der Waals surface area contributed by atoms with E-state index in [-0.39, 0.29) is 30.0 Å². The number of aromatic nitrogens is 3. The van der Waals surface area contributed by atoms with E-state index in [1.807, 2.05) is 52.0 Å². The van der Waals surface area contributed by atoms with Gasteiger partial charge in [0.15, 0.2) is 5.16 Å². The third kappa shape index (κ3) is 13.8. The average molecular weight is 886 g/mol. The van der Waals surface area contributed by atoms with Crippen LogP contribution in [0.25, 0.3) is 0 Å². The van der Waals surface area contributed by atoms with Crippen LogP contribution in [0.1, 0.15) is 27.7 Å². The van der Waals surface area contributed by atoms with Crippen LogP contribution >= 0.6 is 11.8 Å². The summed E-state index contributed by atoms with van der Waals surface area (Å²) in [5, 5.41) is 33.5. The number of aliphatic hydroxyl groups is 1. The van der Waals surface area contributed by atoms with Gasteiger partial charge in [-0.2, -0.15) is 33.6 Å². The number of thioether (sulfide) groups is 1. The molecular weight excluding hydrogens is 845 g/mol. The molecule has 1 heterocycles. The maximum absolute atomic E-state index is 14.1. The summed E-state index contributed by atoms with van der Waals surface area (Å²) in [7, 11) is -7.95. The van der Waals surface area contributed by atoms with E-state index in [0.717, 1.165) is 36.6 Å². The van der Waals surface area contributed by atoms with Gasteiger partial charge in [-0.1, -0.05) is 11.8 Å². The number of anilines is 6. The zero-order valence-electron chi connectivity index (χ0n) is 32.7. The molecule has 0 atom stereocenters. The van der Waals surface area contributed by atoms with Crippen molar-refractivity contribution in [1.29, 1.82) is 0 Å². The highest BCUT2D eigenvalue weighted by atomic mass is 32.2. The quantitative estimate of drug-likeness (QED) is 0.0366. The third-order valence-electron chi connectivity index (χ3n) is 8.21. The Labute approximate surface area is 350 Å². The topological polar surface area (TPSA) is 244 Å². The fourth-order valence-electron chi connectivity index (χ4n) is 5.39. The third-order valence-corrected chi connectivity index (χ3v) is 9.91. The fourth-order valence-corrected chi connectivity index (χ4v) is 6.55. The van der Waals surface area contributed by atoms with Crippen LogP contribution in [0.5, 0.6) is 0 Å². The predicted molar refractivity (Wildman–Crippen MR) is 225 cm³/mol. The van der Waals surface area contributed by atoms with Gasteiger partial charge in [0, 0.05) is 43.3 Å². The largest absolute Gasteiger partial charge is 0.425 e. The van der Waals surface area contributed by atoms with Crippen molar-refractivity contribution in [2.75, 3.05) is 59.0 Å². The lowest BCUT2D eigenvalue weighted by Crippen LogP contribution is -2.21. The smallest absolute Gasteiger partial charge is 0.396 e. The lowest BCUT2D eigenvalue weighted by Gasteiger charge is -2.22. The first-order valence-corrected chi connectivity index (χ1v) is 21.5. The molecule has 0 fully saturated rings. The molecule has 0 saturated heterocycles. The van der Waals surface area contributed by atoms with Gasteiger partial charge in [0.05, 0.1) is 29.4 Å². The number of azo groups is 2. The van der Waals surface area contributed by atoms with Crippen LogP contribution in [0.4, 0.5) is 66.2 Å². The maximum Gasteiger partial charge on any atom is 0.425 e. The lowest BCUT2D eigenvalue weighted by molar-refractivity contribution is 0.322. The molecule has 5 rings (SSSR count). The summed E-state index contributed by atoms with van der Waals surface area (Å²) >= 11 is 1.21. The van der Waals surface area contributed by atoms with Crippen LogP contribution in [0.3, 0.4) is 0 Å². The highest BCUT2D eigenvalue weighted by Crippen LogP contribution is 2.36. The van der Waals surface area contributed by atoms with Gasteiger partial charge in [-0.15, -0.1) is 22.9 Å². The van der Waals surface area contributed by atoms with Crippen LogP contribution in [-0.2, 0) is 20.7 Å². The normalized spacial score (nSPS) is 11.3. The summed E-state index contributed by atoms with van der Waals surface area (Å²) in [6, 6.07) is 19.6. The molecule has 60 heavy (non-hydrogen) atoms. The van der Waals surface area contributed by atoms with Crippen molar-refractivity contribution in [3.8, 4) is 0 Å². The predicted octanol–water partition coefficient (Wildman–Crippen LogP) is 8.49.